The highest BCUT2D eigenvalue weighted by Gasteiger charge is 2.16. The van der Waals surface area contributed by atoms with Gasteiger partial charge < -0.3 is 10.2 Å². The molecule has 3 aromatic rings. The lowest BCUT2D eigenvalue weighted by Gasteiger charge is -2.21. The van der Waals surface area contributed by atoms with Crippen molar-refractivity contribution >= 4 is 11.3 Å². The second-order valence-corrected chi connectivity index (χ2v) is 5.86. The lowest BCUT2D eigenvalue weighted by molar-refractivity contribution is 0.584. The lowest BCUT2D eigenvalue weighted by Crippen LogP contribution is -2.29. The van der Waals surface area contributed by atoms with Crippen molar-refractivity contribution in [2.75, 3.05) is 31.1 Å². The van der Waals surface area contributed by atoms with E-state index in [0.29, 0.717) is 11.3 Å². The van der Waals surface area contributed by atoms with Gasteiger partial charge in [0.05, 0.1) is 5.69 Å². The van der Waals surface area contributed by atoms with Crippen LogP contribution in [0, 0.1) is 11.6 Å². The second kappa shape index (κ2) is 6.16. The highest BCUT2D eigenvalue weighted by molar-refractivity contribution is 5.75. The van der Waals surface area contributed by atoms with E-state index in [0.717, 1.165) is 50.0 Å². The van der Waals surface area contributed by atoms with Crippen LogP contribution in [-0.4, -0.2) is 40.8 Å². The van der Waals surface area contributed by atoms with Crippen LogP contribution in [0.15, 0.2) is 36.7 Å². The van der Waals surface area contributed by atoms with Crippen LogP contribution < -0.4 is 10.2 Å². The van der Waals surface area contributed by atoms with Crippen molar-refractivity contribution in [3.05, 3.63) is 48.3 Å². The molecular weight excluding hydrogens is 312 g/mol. The van der Waals surface area contributed by atoms with E-state index in [1.54, 1.807) is 16.9 Å². The van der Waals surface area contributed by atoms with Gasteiger partial charge in [0.2, 0.25) is 0 Å². The van der Waals surface area contributed by atoms with Crippen molar-refractivity contribution in [1.82, 2.24) is 19.9 Å². The van der Waals surface area contributed by atoms with Crippen LogP contribution in [-0.2, 0) is 0 Å². The molecule has 1 fully saturated rings. The molecule has 1 aromatic carbocycles. The topological polar surface area (TPSA) is 45.5 Å². The normalized spacial score (nSPS) is 15.7. The molecule has 7 heteroatoms. The summed E-state index contributed by atoms with van der Waals surface area (Å²) >= 11 is 0. The molecule has 0 bridgehead atoms. The molecule has 5 nitrogen and oxygen atoms in total. The molecule has 1 aliphatic heterocycles. The summed E-state index contributed by atoms with van der Waals surface area (Å²) in [6, 6.07) is 5.26. The summed E-state index contributed by atoms with van der Waals surface area (Å²) in [6.45, 7) is 3.67. The van der Waals surface area contributed by atoms with Crippen molar-refractivity contribution < 1.29 is 8.78 Å². The molecule has 0 unspecified atom stereocenters. The largest absolute Gasteiger partial charge is 0.354 e. The summed E-state index contributed by atoms with van der Waals surface area (Å²) in [6.07, 6.45) is 4.48. The number of aromatic nitrogens is 3. The molecule has 1 saturated heterocycles. The molecule has 1 N–H and O–H groups in total. The summed E-state index contributed by atoms with van der Waals surface area (Å²) in [4.78, 5) is 6.72. The van der Waals surface area contributed by atoms with Crippen molar-refractivity contribution in [3.8, 4) is 11.3 Å². The van der Waals surface area contributed by atoms with Crippen LogP contribution in [0.2, 0.25) is 0 Å². The molecule has 0 spiro atoms. The van der Waals surface area contributed by atoms with Crippen molar-refractivity contribution in [1.29, 1.82) is 0 Å². The summed E-state index contributed by atoms with van der Waals surface area (Å²) in [5.74, 6) is -0.380. The molecule has 1 aliphatic rings. The minimum atomic E-state index is -0.612. The third kappa shape index (κ3) is 2.82. The highest BCUT2D eigenvalue weighted by atomic mass is 19.1. The van der Waals surface area contributed by atoms with Gasteiger partial charge in [-0.2, -0.15) is 5.10 Å². The minimum Gasteiger partial charge on any atom is -0.354 e. The molecule has 0 amide bonds. The van der Waals surface area contributed by atoms with Crippen LogP contribution in [0.25, 0.3) is 16.8 Å². The zero-order valence-electron chi connectivity index (χ0n) is 13.0. The third-order valence-corrected chi connectivity index (χ3v) is 4.17. The number of halogens is 2. The molecule has 0 saturated carbocycles. The molecular formula is C17H17F2N5. The first-order valence-electron chi connectivity index (χ1n) is 7.97. The van der Waals surface area contributed by atoms with E-state index in [4.69, 9.17) is 0 Å². The maximum absolute atomic E-state index is 13.5. The van der Waals surface area contributed by atoms with E-state index >= 15 is 0 Å². The zero-order chi connectivity index (χ0) is 16.5. The lowest BCUT2D eigenvalue weighted by atomic mass is 10.1. The summed E-state index contributed by atoms with van der Waals surface area (Å²) in [5, 5.41) is 7.81. The Balaban J connectivity index is 1.79. The molecule has 3 heterocycles. The van der Waals surface area contributed by atoms with Gasteiger partial charge in [0.15, 0.2) is 5.82 Å². The van der Waals surface area contributed by atoms with Crippen LogP contribution in [0.4, 0.5) is 14.6 Å². The number of fused-ring (bicyclic) bond motifs is 1. The molecule has 0 atom stereocenters. The van der Waals surface area contributed by atoms with Crippen molar-refractivity contribution in [2.45, 2.75) is 6.42 Å². The maximum atomic E-state index is 13.5. The van der Waals surface area contributed by atoms with E-state index in [-0.39, 0.29) is 0 Å². The van der Waals surface area contributed by atoms with Gasteiger partial charge in [-0.1, -0.05) is 0 Å². The highest BCUT2D eigenvalue weighted by Crippen LogP contribution is 2.26. The quantitative estimate of drug-likeness (QED) is 0.785. The van der Waals surface area contributed by atoms with Gasteiger partial charge in [-0.15, -0.1) is 0 Å². The monoisotopic (exact) mass is 329 g/mol. The minimum absolute atomic E-state index is 0.416. The van der Waals surface area contributed by atoms with Crippen molar-refractivity contribution in [2.24, 2.45) is 0 Å². The second-order valence-electron chi connectivity index (χ2n) is 5.86. The zero-order valence-corrected chi connectivity index (χ0v) is 13.0. The first-order valence-corrected chi connectivity index (χ1v) is 7.97. The average Bonchev–Trinajstić information content (AvgIpc) is 2.81. The van der Waals surface area contributed by atoms with E-state index < -0.39 is 11.6 Å². The Kier molecular flexibility index (Phi) is 3.86. The van der Waals surface area contributed by atoms with Crippen LogP contribution in [0.1, 0.15) is 6.42 Å². The van der Waals surface area contributed by atoms with E-state index in [1.807, 2.05) is 6.07 Å². The van der Waals surface area contributed by atoms with Crippen molar-refractivity contribution in [3.63, 3.8) is 0 Å². The van der Waals surface area contributed by atoms with Crippen LogP contribution in [0.3, 0.4) is 0 Å². The summed E-state index contributed by atoms with van der Waals surface area (Å²) in [5.41, 5.74) is 1.77. The Bertz CT molecular complexity index is 848. The predicted octanol–water partition coefficient (Wildman–Crippen LogP) is 2.47. The Labute approximate surface area is 137 Å². The predicted molar refractivity (Wildman–Crippen MR) is 88.0 cm³/mol. The van der Waals surface area contributed by atoms with Gasteiger partial charge >= 0.3 is 0 Å². The van der Waals surface area contributed by atoms with Gasteiger partial charge in [0, 0.05) is 43.7 Å². The molecule has 2 aromatic heterocycles. The number of hydrogen-bond donors (Lipinski definition) is 1. The fourth-order valence-electron chi connectivity index (χ4n) is 3.05. The number of hydrogen-bond acceptors (Lipinski definition) is 4. The fraction of sp³-hybridized carbons (Fsp3) is 0.294. The van der Waals surface area contributed by atoms with E-state index in [2.05, 4.69) is 20.3 Å². The number of nitrogens with one attached hydrogen (secondary N) is 1. The van der Waals surface area contributed by atoms with Gasteiger partial charge in [0.1, 0.15) is 17.2 Å². The van der Waals surface area contributed by atoms with Crippen LogP contribution in [0.5, 0.6) is 0 Å². The fourth-order valence-corrected chi connectivity index (χ4v) is 3.05. The molecule has 4 rings (SSSR count). The smallest absolute Gasteiger partial charge is 0.154 e. The van der Waals surface area contributed by atoms with Gasteiger partial charge in [-0.25, -0.2) is 18.3 Å². The Hall–Kier alpha value is -2.54. The van der Waals surface area contributed by atoms with Gasteiger partial charge in [-0.3, -0.25) is 0 Å². The molecule has 24 heavy (non-hydrogen) atoms. The Morgan fingerprint density at radius 2 is 1.83 bits per heavy atom. The van der Waals surface area contributed by atoms with E-state index in [1.165, 1.54) is 12.1 Å². The number of rotatable bonds is 2. The molecule has 0 aliphatic carbocycles. The first-order chi connectivity index (χ1) is 11.7. The van der Waals surface area contributed by atoms with Gasteiger partial charge in [0.25, 0.3) is 0 Å². The van der Waals surface area contributed by atoms with Gasteiger partial charge in [-0.05, 0) is 31.2 Å². The third-order valence-electron chi connectivity index (χ3n) is 4.17. The molecule has 0 radical (unpaired) electrons. The number of benzene rings is 1. The average molecular weight is 329 g/mol. The Morgan fingerprint density at radius 3 is 2.67 bits per heavy atom. The number of nitrogens with zero attached hydrogens (tertiary/aromatic N) is 4. The SMILES string of the molecule is Fc1cc(F)cc(-c2cc3c(N4CCCNCC4)nccn3n2)c1. The number of anilines is 1. The van der Waals surface area contributed by atoms with Crippen LogP contribution >= 0.6 is 0 Å². The van der Waals surface area contributed by atoms with E-state index in [9.17, 15) is 8.78 Å². The standard InChI is InChI=1S/C17H17F2N5/c18-13-8-12(9-14(19)10-13)15-11-16-17(21-4-7-24(16)22-15)23-5-1-2-20-3-6-23/h4,7-11,20H,1-3,5-6H2. The summed E-state index contributed by atoms with van der Waals surface area (Å²) in [7, 11) is 0. The first kappa shape index (κ1) is 15.0. The maximum Gasteiger partial charge on any atom is 0.154 e. The summed E-state index contributed by atoms with van der Waals surface area (Å²) < 4.78 is 28.7. The molecule has 124 valence electrons. The Morgan fingerprint density at radius 1 is 1.00 bits per heavy atom.